The van der Waals surface area contributed by atoms with Crippen molar-refractivity contribution < 1.29 is 9.53 Å². The molecule has 0 radical (unpaired) electrons. The molecule has 0 unspecified atom stereocenters. The van der Waals surface area contributed by atoms with Crippen molar-refractivity contribution in [1.82, 2.24) is 4.57 Å². The van der Waals surface area contributed by atoms with Crippen LogP contribution in [0, 0.1) is 0 Å². The topological polar surface area (TPSA) is 31.2 Å². The highest BCUT2D eigenvalue weighted by Gasteiger charge is 2.25. The molecule has 1 aromatic heterocycles. The normalized spacial score (nSPS) is 16.6. The lowest BCUT2D eigenvalue weighted by molar-refractivity contribution is 0.111. The number of nitrogens with zero attached hydrogens (tertiary/aromatic N) is 1. The van der Waals surface area contributed by atoms with Crippen LogP contribution in [-0.2, 0) is 11.5 Å². The minimum atomic E-state index is 0.492. The lowest BCUT2D eigenvalue weighted by Crippen LogP contribution is -2.13. The van der Waals surface area contributed by atoms with Gasteiger partial charge in [-0.1, -0.05) is 37.5 Å². The Morgan fingerprint density at radius 2 is 2.00 bits per heavy atom. The van der Waals surface area contributed by atoms with Gasteiger partial charge in [0.15, 0.2) is 6.29 Å². The summed E-state index contributed by atoms with van der Waals surface area (Å²) in [7, 11) is 1.71. The van der Waals surface area contributed by atoms with Crippen LogP contribution in [0.15, 0.2) is 24.3 Å². The Bertz CT molecular complexity index is 609. The summed E-state index contributed by atoms with van der Waals surface area (Å²) in [5, 5.41) is 1.06. The Morgan fingerprint density at radius 1 is 1.25 bits per heavy atom. The molecule has 1 aliphatic rings. The van der Waals surface area contributed by atoms with Crippen molar-refractivity contribution in [1.29, 1.82) is 0 Å². The van der Waals surface area contributed by atoms with Crippen LogP contribution in [0.1, 0.15) is 54.1 Å². The fraction of sp³-hybridized carbons (Fsp3) is 0.471. The third-order valence-corrected chi connectivity index (χ3v) is 4.42. The van der Waals surface area contributed by atoms with Crippen molar-refractivity contribution >= 4 is 17.2 Å². The van der Waals surface area contributed by atoms with Crippen LogP contribution in [0.4, 0.5) is 0 Å². The molecular weight excluding hydrogens is 250 g/mol. The molecule has 106 valence electrons. The van der Waals surface area contributed by atoms with Crippen LogP contribution in [-0.4, -0.2) is 18.0 Å². The van der Waals surface area contributed by atoms with Gasteiger partial charge in [0.25, 0.3) is 0 Å². The van der Waals surface area contributed by atoms with Gasteiger partial charge in [-0.05, 0) is 18.9 Å². The van der Waals surface area contributed by atoms with Crippen LogP contribution >= 0.6 is 0 Å². The maximum absolute atomic E-state index is 11.6. The molecule has 3 heteroatoms. The number of fused-ring (bicyclic) bond motifs is 1. The van der Waals surface area contributed by atoms with E-state index in [1.165, 1.54) is 37.8 Å². The first-order valence-corrected chi connectivity index (χ1v) is 7.42. The molecular formula is C17H21NO2. The molecule has 0 saturated heterocycles. The van der Waals surface area contributed by atoms with Gasteiger partial charge in [0, 0.05) is 29.7 Å². The number of carbonyl (C=O) groups is 1. The van der Waals surface area contributed by atoms with Crippen molar-refractivity contribution in [2.45, 2.75) is 44.8 Å². The first-order chi connectivity index (χ1) is 9.86. The molecule has 0 amide bonds. The summed E-state index contributed by atoms with van der Waals surface area (Å²) >= 11 is 0. The van der Waals surface area contributed by atoms with Gasteiger partial charge >= 0.3 is 0 Å². The molecule has 3 rings (SSSR count). The predicted octanol–water partition coefficient (Wildman–Crippen LogP) is 4.11. The average Bonchev–Trinajstić information content (AvgIpc) is 2.82. The third-order valence-electron chi connectivity index (χ3n) is 4.42. The van der Waals surface area contributed by atoms with Gasteiger partial charge in [0.05, 0.1) is 5.52 Å². The largest absolute Gasteiger partial charge is 0.364 e. The molecule has 0 N–H and O–H groups in total. The number of hydrogen-bond donors (Lipinski definition) is 0. The fourth-order valence-electron chi connectivity index (χ4n) is 3.56. The van der Waals surface area contributed by atoms with Crippen LogP contribution in [0.2, 0.25) is 0 Å². The first kappa shape index (κ1) is 13.4. The van der Waals surface area contributed by atoms with Gasteiger partial charge in [0.1, 0.15) is 6.73 Å². The van der Waals surface area contributed by atoms with Crippen molar-refractivity contribution in [2.24, 2.45) is 0 Å². The summed E-state index contributed by atoms with van der Waals surface area (Å²) in [5.74, 6) is 0.492. The molecule has 0 spiro atoms. The van der Waals surface area contributed by atoms with E-state index >= 15 is 0 Å². The number of aldehydes is 1. The van der Waals surface area contributed by atoms with Crippen molar-refractivity contribution in [2.75, 3.05) is 7.11 Å². The van der Waals surface area contributed by atoms with Crippen molar-refractivity contribution in [3.05, 3.63) is 35.5 Å². The van der Waals surface area contributed by atoms with E-state index < -0.39 is 0 Å². The summed E-state index contributed by atoms with van der Waals surface area (Å²) in [6.07, 6.45) is 7.23. The molecule has 1 fully saturated rings. The van der Waals surface area contributed by atoms with E-state index in [4.69, 9.17) is 4.74 Å². The number of ether oxygens (including phenoxy) is 1. The number of hydrogen-bond acceptors (Lipinski definition) is 2. The molecule has 1 aliphatic carbocycles. The van der Waals surface area contributed by atoms with E-state index in [1.54, 1.807) is 7.11 Å². The predicted molar refractivity (Wildman–Crippen MR) is 80.2 cm³/mol. The maximum Gasteiger partial charge on any atom is 0.152 e. The van der Waals surface area contributed by atoms with Crippen molar-refractivity contribution in [3.8, 4) is 0 Å². The second-order valence-corrected chi connectivity index (χ2v) is 5.61. The molecule has 0 atom stereocenters. The van der Waals surface area contributed by atoms with E-state index in [0.29, 0.717) is 12.6 Å². The molecule has 2 aromatic rings. The summed E-state index contributed by atoms with van der Waals surface area (Å²) in [6, 6.07) is 8.14. The van der Waals surface area contributed by atoms with E-state index in [0.717, 1.165) is 22.8 Å². The van der Waals surface area contributed by atoms with Crippen molar-refractivity contribution in [3.63, 3.8) is 0 Å². The monoisotopic (exact) mass is 271 g/mol. The number of rotatable bonds is 4. The van der Waals surface area contributed by atoms with Gasteiger partial charge in [-0.3, -0.25) is 4.79 Å². The van der Waals surface area contributed by atoms with E-state index in [-0.39, 0.29) is 0 Å². The summed E-state index contributed by atoms with van der Waals surface area (Å²) < 4.78 is 7.56. The number of benzene rings is 1. The zero-order valence-electron chi connectivity index (χ0n) is 12.0. The number of carbonyl (C=O) groups excluding carboxylic acids is 1. The van der Waals surface area contributed by atoms with E-state index in [1.807, 2.05) is 18.2 Å². The van der Waals surface area contributed by atoms with Gasteiger partial charge in [-0.25, -0.2) is 0 Å². The zero-order chi connectivity index (χ0) is 13.9. The van der Waals surface area contributed by atoms with Gasteiger partial charge in [-0.2, -0.15) is 0 Å². The molecule has 1 heterocycles. The second kappa shape index (κ2) is 5.80. The lowest BCUT2D eigenvalue weighted by atomic mass is 9.85. The Morgan fingerprint density at radius 3 is 2.70 bits per heavy atom. The zero-order valence-corrected chi connectivity index (χ0v) is 12.0. The van der Waals surface area contributed by atoms with Crippen LogP contribution in [0.3, 0.4) is 0 Å². The van der Waals surface area contributed by atoms with E-state index in [9.17, 15) is 4.79 Å². The Hall–Kier alpha value is -1.61. The number of aromatic nitrogens is 1. The lowest BCUT2D eigenvalue weighted by Gasteiger charge is -2.24. The second-order valence-electron chi connectivity index (χ2n) is 5.61. The van der Waals surface area contributed by atoms with Gasteiger partial charge in [0.2, 0.25) is 0 Å². The highest BCUT2D eigenvalue weighted by atomic mass is 16.5. The highest BCUT2D eigenvalue weighted by molar-refractivity contribution is 5.99. The van der Waals surface area contributed by atoms with Crippen LogP contribution in [0.25, 0.3) is 10.9 Å². The third kappa shape index (κ3) is 2.16. The molecule has 0 aliphatic heterocycles. The van der Waals surface area contributed by atoms with Crippen LogP contribution in [0.5, 0.6) is 0 Å². The summed E-state index contributed by atoms with van der Waals surface area (Å²) in [6.45, 7) is 0.514. The summed E-state index contributed by atoms with van der Waals surface area (Å²) in [5.41, 5.74) is 3.16. The average molecular weight is 271 g/mol. The number of methoxy groups -OCH3 is 1. The quantitative estimate of drug-likeness (QED) is 0.784. The standard InChI is InChI=1S/C17H21NO2/c1-20-12-18-16-10-6-5-9-14(16)15(11-19)17(18)13-7-3-2-4-8-13/h5-6,9-11,13H,2-4,7-8,12H2,1H3. The molecule has 1 aromatic carbocycles. The minimum Gasteiger partial charge on any atom is -0.364 e. The maximum atomic E-state index is 11.6. The van der Waals surface area contributed by atoms with Gasteiger partial charge < -0.3 is 9.30 Å². The SMILES string of the molecule is COCn1c(C2CCCCC2)c(C=O)c2ccccc21. The minimum absolute atomic E-state index is 0.492. The first-order valence-electron chi connectivity index (χ1n) is 7.42. The Kier molecular flexibility index (Phi) is 3.88. The fourth-order valence-corrected chi connectivity index (χ4v) is 3.56. The Labute approximate surface area is 119 Å². The summed E-state index contributed by atoms with van der Waals surface area (Å²) in [4.78, 5) is 11.6. The Balaban J connectivity index is 2.20. The number of para-hydroxylation sites is 1. The molecule has 0 bridgehead atoms. The van der Waals surface area contributed by atoms with Gasteiger partial charge in [-0.15, -0.1) is 0 Å². The van der Waals surface area contributed by atoms with E-state index in [2.05, 4.69) is 10.6 Å². The van der Waals surface area contributed by atoms with Crippen LogP contribution < -0.4 is 0 Å². The molecule has 3 nitrogen and oxygen atoms in total. The molecule has 20 heavy (non-hydrogen) atoms. The molecule has 1 saturated carbocycles. The smallest absolute Gasteiger partial charge is 0.152 e. The highest BCUT2D eigenvalue weighted by Crippen LogP contribution is 2.38.